The molecule has 0 saturated carbocycles. The molecule has 0 aliphatic rings. The number of carbonyl (C=O) groups excluding carboxylic acids is 1. The number of hydrogen-bond acceptors (Lipinski definition) is 4. The van der Waals surface area contributed by atoms with Gasteiger partial charge in [-0.2, -0.15) is 0 Å². The van der Waals surface area contributed by atoms with Crippen molar-refractivity contribution in [2.24, 2.45) is 0 Å². The number of carbonyl (C=O) groups is 1. The molecule has 1 amide bonds. The first-order chi connectivity index (χ1) is 12.1. The number of anilines is 1. The van der Waals surface area contributed by atoms with Gasteiger partial charge in [-0.25, -0.2) is 0 Å². The minimum Gasteiger partial charge on any atom is -0.497 e. The minimum absolute atomic E-state index is 0.107. The normalized spacial score (nSPS) is 10.3. The molecule has 3 aromatic rings. The summed E-state index contributed by atoms with van der Waals surface area (Å²) in [5, 5.41) is 4.84. The van der Waals surface area contributed by atoms with Crippen LogP contribution >= 0.6 is 11.3 Å². The van der Waals surface area contributed by atoms with Crippen molar-refractivity contribution in [3.63, 3.8) is 0 Å². The molecule has 0 aliphatic heterocycles. The summed E-state index contributed by atoms with van der Waals surface area (Å²) in [5.74, 6) is 1.44. The Morgan fingerprint density at radius 2 is 1.72 bits per heavy atom. The summed E-state index contributed by atoms with van der Waals surface area (Å²) in [6.45, 7) is 2.43. The molecule has 25 heavy (non-hydrogen) atoms. The molecule has 0 aliphatic carbocycles. The summed E-state index contributed by atoms with van der Waals surface area (Å²) in [4.78, 5) is 13.0. The van der Waals surface area contributed by atoms with Gasteiger partial charge in [-0.05, 0) is 54.8 Å². The number of nitrogens with one attached hydrogen (secondary N) is 1. The number of aryl methyl sites for hydroxylation is 1. The molecule has 0 radical (unpaired) electrons. The summed E-state index contributed by atoms with van der Waals surface area (Å²) in [6.07, 6.45) is 0. The van der Waals surface area contributed by atoms with Gasteiger partial charge < -0.3 is 14.8 Å². The van der Waals surface area contributed by atoms with Crippen LogP contribution in [-0.2, 0) is 6.61 Å². The van der Waals surface area contributed by atoms with Crippen LogP contribution in [0.1, 0.15) is 20.8 Å². The maximum atomic E-state index is 12.3. The summed E-state index contributed by atoms with van der Waals surface area (Å²) in [5.41, 5.74) is 2.92. The Bertz CT molecular complexity index is 838. The van der Waals surface area contributed by atoms with Crippen LogP contribution in [0.3, 0.4) is 0 Å². The fourth-order valence-electron chi connectivity index (χ4n) is 2.24. The monoisotopic (exact) mass is 353 g/mol. The van der Waals surface area contributed by atoms with Crippen LogP contribution in [-0.4, -0.2) is 13.0 Å². The van der Waals surface area contributed by atoms with E-state index < -0.39 is 0 Å². The second kappa shape index (κ2) is 7.85. The number of methoxy groups -OCH3 is 1. The lowest BCUT2D eigenvalue weighted by molar-refractivity contribution is 0.103. The van der Waals surface area contributed by atoms with Crippen molar-refractivity contribution in [3.8, 4) is 11.5 Å². The number of amides is 1. The van der Waals surface area contributed by atoms with E-state index in [-0.39, 0.29) is 5.91 Å². The van der Waals surface area contributed by atoms with Crippen LogP contribution in [0.25, 0.3) is 0 Å². The van der Waals surface area contributed by atoms with Crippen LogP contribution in [0.4, 0.5) is 5.69 Å². The Morgan fingerprint density at radius 3 is 2.40 bits per heavy atom. The van der Waals surface area contributed by atoms with Crippen LogP contribution < -0.4 is 14.8 Å². The molecule has 4 nitrogen and oxygen atoms in total. The number of thiophene rings is 1. The molecule has 2 aromatic carbocycles. The lowest BCUT2D eigenvalue weighted by atomic mass is 10.2. The van der Waals surface area contributed by atoms with Crippen LogP contribution in [0, 0.1) is 6.92 Å². The van der Waals surface area contributed by atoms with Gasteiger partial charge in [-0.15, -0.1) is 11.3 Å². The van der Waals surface area contributed by atoms with Crippen molar-refractivity contribution in [2.75, 3.05) is 12.4 Å². The quantitative estimate of drug-likeness (QED) is 0.686. The minimum atomic E-state index is -0.107. The zero-order valence-corrected chi connectivity index (χ0v) is 14.9. The van der Waals surface area contributed by atoms with Crippen LogP contribution in [0.2, 0.25) is 0 Å². The van der Waals surface area contributed by atoms with Gasteiger partial charge in [0.1, 0.15) is 18.1 Å². The molecule has 128 valence electrons. The molecule has 1 aromatic heterocycles. The van der Waals surface area contributed by atoms with E-state index in [1.165, 1.54) is 11.3 Å². The van der Waals surface area contributed by atoms with E-state index in [2.05, 4.69) is 5.32 Å². The van der Waals surface area contributed by atoms with Gasteiger partial charge in [0, 0.05) is 11.3 Å². The molecule has 5 heteroatoms. The van der Waals surface area contributed by atoms with Gasteiger partial charge in [0.25, 0.3) is 5.91 Å². The van der Waals surface area contributed by atoms with E-state index in [4.69, 9.17) is 9.47 Å². The number of hydrogen-bond donors (Lipinski definition) is 1. The molecule has 1 heterocycles. The number of ether oxygens (including phenoxy) is 2. The van der Waals surface area contributed by atoms with Gasteiger partial charge in [0.15, 0.2) is 0 Å². The third-order valence-corrected chi connectivity index (χ3v) is 4.63. The van der Waals surface area contributed by atoms with Gasteiger partial charge in [0.05, 0.1) is 12.0 Å². The molecule has 0 atom stereocenters. The van der Waals surface area contributed by atoms with E-state index in [1.807, 2.05) is 66.9 Å². The largest absolute Gasteiger partial charge is 0.497 e. The highest BCUT2D eigenvalue weighted by Crippen LogP contribution is 2.21. The predicted molar refractivity (Wildman–Crippen MR) is 101 cm³/mol. The second-order valence-corrected chi connectivity index (χ2v) is 6.51. The Morgan fingerprint density at radius 1 is 1.04 bits per heavy atom. The highest BCUT2D eigenvalue weighted by Gasteiger charge is 2.10. The fraction of sp³-hybridized carbons (Fsp3) is 0.150. The number of rotatable bonds is 6. The van der Waals surface area contributed by atoms with Crippen molar-refractivity contribution in [3.05, 3.63) is 76.0 Å². The van der Waals surface area contributed by atoms with Gasteiger partial charge >= 0.3 is 0 Å². The highest BCUT2D eigenvalue weighted by molar-refractivity contribution is 7.12. The first-order valence-electron chi connectivity index (χ1n) is 7.86. The molecule has 1 N–H and O–H groups in total. The van der Waals surface area contributed by atoms with Crippen molar-refractivity contribution in [2.45, 2.75) is 13.5 Å². The van der Waals surface area contributed by atoms with E-state index in [9.17, 15) is 4.79 Å². The van der Waals surface area contributed by atoms with E-state index in [0.29, 0.717) is 11.5 Å². The van der Waals surface area contributed by atoms with Crippen molar-refractivity contribution in [1.29, 1.82) is 0 Å². The maximum absolute atomic E-state index is 12.3. The lowest BCUT2D eigenvalue weighted by Gasteiger charge is -2.06. The molecule has 0 unspecified atom stereocenters. The van der Waals surface area contributed by atoms with E-state index in [1.54, 1.807) is 7.11 Å². The molecular weight excluding hydrogens is 334 g/mol. The Kier molecular flexibility index (Phi) is 5.36. The summed E-state index contributed by atoms with van der Waals surface area (Å²) < 4.78 is 10.9. The topological polar surface area (TPSA) is 47.6 Å². The van der Waals surface area contributed by atoms with Gasteiger partial charge in [-0.3, -0.25) is 4.79 Å². The molecular formula is C20H19NO3S. The van der Waals surface area contributed by atoms with Gasteiger partial charge in [-0.1, -0.05) is 17.7 Å². The van der Waals surface area contributed by atoms with E-state index >= 15 is 0 Å². The molecule has 3 rings (SSSR count). The van der Waals surface area contributed by atoms with Crippen LogP contribution in [0.15, 0.2) is 60.0 Å². The van der Waals surface area contributed by atoms with E-state index in [0.717, 1.165) is 28.3 Å². The third kappa shape index (κ3) is 4.61. The van der Waals surface area contributed by atoms with Gasteiger partial charge in [0.2, 0.25) is 0 Å². The molecule has 0 fully saturated rings. The summed E-state index contributed by atoms with van der Waals surface area (Å²) >= 11 is 1.41. The van der Waals surface area contributed by atoms with Crippen molar-refractivity contribution >= 4 is 22.9 Å². The smallest absolute Gasteiger partial charge is 0.265 e. The summed E-state index contributed by atoms with van der Waals surface area (Å²) in [6, 6.07) is 17.0. The van der Waals surface area contributed by atoms with Crippen LogP contribution in [0.5, 0.6) is 11.5 Å². The maximum Gasteiger partial charge on any atom is 0.265 e. The predicted octanol–water partition coefficient (Wildman–Crippen LogP) is 4.90. The Hall–Kier alpha value is -2.79. The number of benzene rings is 2. The average molecular weight is 353 g/mol. The first-order valence-corrected chi connectivity index (χ1v) is 8.74. The standard InChI is InChI=1S/C20H19NO3S/c1-14-3-5-16(6-4-14)21-20(22)19-11-15(13-25-19)12-24-18-9-7-17(23-2)8-10-18/h3-11,13H,12H2,1-2H3,(H,21,22). The third-order valence-electron chi connectivity index (χ3n) is 3.65. The molecule has 0 spiro atoms. The Labute approximate surface area is 151 Å². The SMILES string of the molecule is COc1ccc(OCc2csc(C(=O)Nc3ccc(C)cc3)c2)cc1. The first kappa shape index (κ1) is 17.0. The second-order valence-electron chi connectivity index (χ2n) is 5.60. The molecule has 0 saturated heterocycles. The zero-order chi connectivity index (χ0) is 17.6. The fourth-order valence-corrected chi connectivity index (χ4v) is 3.03. The zero-order valence-electron chi connectivity index (χ0n) is 14.1. The van der Waals surface area contributed by atoms with Crippen molar-refractivity contribution in [1.82, 2.24) is 0 Å². The lowest BCUT2D eigenvalue weighted by Crippen LogP contribution is -2.10. The highest BCUT2D eigenvalue weighted by atomic mass is 32.1. The average Bonchev–Trinajstić information content (AvgIpc) is 3.11. The molecule has 0 bridgehead atoms. The summed E-state index contributed by atoms with van der Waals surface area (Å²) in [7, 11) is 1.63. The Balaban J connectivity index is 1.57. The van der Waals surface area contributed by atoms with Crippen molar-refractivity contribution < 1.29 is 14.3 Å².